The fraction of sp³-hybridized carbons (Fsp3) is 0.227. The van der Waals surface area contributed by atoms with E-state index in [1.807, 2.05) is 44.2 Å². The summed E-state index contributed by atoms with van der Waals surface area (Å²) >= 11 is 0. The summed E-state index contributed by atoms with van der Waals surface area (Å²) in [5, 5.41) is 2.86. The summed E-state index contributed by atoms with van der Waals surface area (Å²) in [7, 11) is 0. The number of aryl methyl sites for hydroxylation is 2. The van der Waals surface area contributed by atoms with Crippen molar-refractivity contribution in [3.8, 4) is 17.2 Å². The predicted molar refractivity (Wildman–Crippen MR) is 109 cm³/mol. The second kappa shape index (κ2) is 7.79. The number of nitrogens with one attached hydrogen (secondary N) is 1. The highest BCUT2D eigenvalue weighted by Gasteiger charge is 2.25. The van der Waals surface area contributed by atoms with Crippen molar-refractivity contribution < 1.29 is 18.7 Å². The van der Waals surface area contributed by atoms with E-state index >= 15 is 0 Å². The molecule has 1 N–H and O–H groups in total. The Balaban J connectivity index is 1.54. The summed E-state index contributed by atoms with van der Waals surface area (Å²) in [5.74, 6) is 0.659. The number of nitrogens with zero attached hydrogens (tertiary/aromatic N) is 2. The van der Waals surface area contributed by atoms with Crippen LogP contribution in [0.3, 0.4) is 0 Å². The van der Waals surface area contributed by atoms with Crippen molar-refractivity contribution >= 4 is 23.2 Å². The van der Waals surface area contributed by atoms with Crippen LogP contribution in [0.1, 0.15) is 17.7 Å². The van der Waals surface area contributed by atoms with Gasteiger partial charge >= 0.3 is 0 Å². The van der Waals surface area contributed by atoms with Gasteiger partial charge in [0.25, 0.3) is 0 Å². The normalized spacial score (nSPS) is 13.4. The van der Waals surface area contributed by atoms with Gasteiger partial charge in [0.2, 0.25) is 17.7 Å². The highest BCUT2D eigenvalue weighted by atomic mass is 16.5. The van der Waals surface area contributed by atoms with Crippen LogP contribution < -0.4 is 15.0 Å². The lowest BCUT2D eigenvalue weighted by Crippen LogP contribution is -2.37. The third kappa shape index (κ3) is 3.99. The molecule has 1 aromatic heterocycles. The highest BCUT2D eigenvalue weighted by molar-refractivity contribution is 6.03. The van der Waals surface area contributed by atoms with Crippen molar-refractivity contribution in [3.05, 3.63) is 60.0 Å². The number of hydrogen-bond acceptors (Lipinski definition) is 5. The van der Waals surface area contributed by atoms with E-state index in [0.717, 1.165) is 16.8 Å². The van der Waals surface area contributed by atoms with Gasteiger partial charge in [0.15, 0.2) is 0 Å². The largest absolute Gasteiger partial charge is 0.491 e. The van der Waals surface area contributed by atoms with Crippen molar-refractivity contribution in [3.63, 3.8) is 0 Å². The molecule has 2 aromatic carbocycles. The topological polar surface area (TPSA) is 84.7 Å². The monoisotopic (exact) mass is 391 g/mol. The molecule has 4 rings (SSSR count). The SMILES string of the molecule is Cc1coc(-c2cc(NC(=O)CN3C(=O)CCOc4ccccc43)ccc2C)n1. The Hall–Kier alpha value is -3.61. The maximum atomic E-state index is 12.7. The first kappa shape index (κ1) is 18.7. The lowest BCUT2D eigenvalue weighted by atomic mass is 10.1. The molecule has 29 heavy (non-hydrogen) atoms. The van der Waals surface area contributed by atoms with Crippen molar-refractivity contribution in [1.29, 1.82) is 0 Å². The number of carbonyl (C=O) groups is 2. The maximum absolute atomic E-state index is 12.7. The van der Waals surface area contributed by atoms with Gasteiger partial charge in [-0.2, -0.15) is 0 Å². The number of carbonyl (C=O) groups excluding carboxylic acids is 2. The van der Waals surface area contributed by atoms with E-state index in [9.17, 15) is 9.59 Å². The molecule has 0 aliphatic carbocycles. The minimum Gasteiger partial charge on any atom is -0.491 e. The number of ether oxygens (including phenoxy) is 1. The first-order valence-electron chi connectivity index (χ1n) is 9.36. The third-order valence-corrected chi connectivity index (χ3v) is 4.70. The summed E-state index contributed by atoms with van der Waals surface area (Å²) in [6, 6.07) is 12.8. The molecule has 0 saturated heterocycles. The van der Waals surface area contributed by atoms with Gasteiger partial charge in [0.1, 0.15) is 18.6 Å². The molecule has 3 aromatic rings. The second-order valence-electron chi connectivity index (χ2n) is 6.92. The molecular weight excluding hydrogens is 370 g/mol. The lowest BCUT2D eigenvalue weighted by molar-refractivity contribution is -0.121. The van der Waals surface area contributed by atoms with Gasteiger partial charge in [0, 0.05) is 11.3 Å². The summed E-state index contributed by atoms with van der Waals surface area (Å²) in [5.41, 5.74) is 3.79. The van der Waals surface area contributed by atoms with Crippen LogP contribution in [0, 0.1) is 13.8 Å². The number of amides is 2. The van der Waals surface area contributed by atoms with E-state index in [1.165, 1.54) is 4.90 Å². The second-order valence-corrected chi connectivity index (χ2v) is 6.92. The molecule has 0 fully saturated rings. The van der Waals surface area contributed by atoms with Crippen molar-refractivity contribution in [1.82, 2.24) is 4.98 Å². The molecule has 1 aliphatic rings. The maximum Gasteiger partial charge on any atom is 0.244 e. The Morgan fingerprint density at radius 1 is 1.21 bits per heavy atom. The average molecular weight is 391 g/mol. The van der Waals surface area contributed by atoms with Gasteiger partial charge in [-0.05, 0) is 43.7 Å². The van der Waals surface area contributed by atoms with Gasteiger partial charge in [-0.25, -0.2) is 4.98 Å². The molecule has 0 atom stereocenters. The van der Waals surface area contributed by atoms with Crippen LogP contribution in [0.15, 0.2) is 53.1 Å². The molecule has 0 saturated carbocycles. The number of hydrogen-bond donors (Lipinski definition) is 1. The number of fused-ring (bicyclic) bond motifs is 1. The quantitative estimate of drug-likeness (QED) is 0.733. The number of aromatic nitrogens is 1. The van der Waals surface area contributed by atoms with E-state index < -0.39 is 0 Å². The average Bonchev–Trinajstić information content (AvgIpc) is 3.07. The van der Waals surface area contributed by atoms with E-state index in [4.69, 9.17) is 9.15 Å². The Kier molecular flexibility index (Phi) is 5.03. The molecule has 0 radical (unpaired) electrons. The highest BCUT2D eigenvalue weighted by Crippen LogP contribution is 2.31. The first-order chi connectivity index (χ1) is 14.0. The zero-order valence-corrected chi connectivity index (χ0v) is 16.3. The molecule has 0 unspecified atom stereocenters. The summed E-state index contributed by atoms with van der Waals surface area (Å²) in [6.45, 7) is 4.01. The summed E-state index contributed by atoms with van der Waals surface area (Å²) < 4.78 is 11.1. The number of oxazole rings is 1. The van der Waals surface area contributed by atoms with E-state index in [-0.39, 0.29) is 24.8 Å². The smallest absolute Gasteiger partial charge is 0.244 e. The van der Waals surface area contributed by atoms with Gasteiger partial charge in [-0.15, -0.1) is 0 Å². The van der Waals surface area contributed by atoms with E-state index in [2.05, 4.69) is 10.3 Å². The summed E-state index contributed by atoms with van der Waals surface area (Å²) in [6.07, 6.45) is 1.81. The molecule has 1 aliphatic heterocycles. The number of rotatable bonds is 4. The first-order valence-corrected chi connectivity index (χ1v) is 9.36. The van der Waals surface area contributed by atoms with Crippen LogP contribution in [0.2, 0.25) is 0 Å². The van der Waals surface area contributed by atoms with Gasteiger partial charge in [0.05, 0.1) is 24.4 Å². The summed E-state index contributed by atoms with van der Waals surface area (Å²) in [4.78, 5) is 31.0. The Morgan fingerprint density at radius 2 is 2.03 bits per heavy atom. The van der Waals surface area contributed by atoms with Crippen LogP contribution in [0.4, 0.5) is 11.4 Å². The van der Waals surface area contributed by atoms with E-state index in [1.54, 1.807) is 18.4 Å². The number of benzene rings is 2. The molecule has 148 valence electrons. The molecule has 0 spiro atoms. The lowest BCUT2D eigenvalue weighted by Gasteiger charge is -2.21. The molecule has 7 heteroatoms. The number of para-hydroxylation sites is 2. The predicted octanol–water partition coefficient (Wildman–Crippen LogP) is 3.71. The van der Waals surface area contributed by atoms with Crippen LogP contribution >= 0.6 is 0 Å². The Labute approximate surface area is 168 Å². The Bertz CT molecular complexity index is 1070. The molecule has 2 amide bonds. The van der Waals surface area contributed by atoms with E-state index in [0.29, 0.717) is 29.6 Å². The van der Waals surface area contributed by atoms with Crippen LogP contribution in [0.5, 0.6) is 5.75 Å². The minimum absolute atomic E-state index is 0.0967. The number of anilines is 2. The molecule has 2 heterocycles. The Morgan fingerprint density at radius 3 is 2.83 bits per heavy atom. The van der Waals surface area contributed by atoms with Crippen molar-refractivity contribution in [2.45, 2.75) is 20.3 Å². The fourth-order valence-corrected chi connectivity index (χ4v) is 3.25. The fourth-order valence-electron chi connectivity index (χ4n) is 3.25. The third-order valence-electron chi connectivity index (χ3n) is 4.70. The van der Waals surface area contributed by atoms with Crippen LogP contribution in [-0.2, 0) is 9.59 Å². The van der Waals surface area contributed by atoms with Gasteiger partial charge in [-0.1, -0.05) is 18.2 Å². The molecule has 0 bridgehead atoms. The molecular formula is C22H21N3O4. The minimum atomic E-state index is -0.298. The van der Waals surface area contributed by atoms with Crippen LogP contribution in [0.25, 0.3) is 11.5 Å². The standard InChI is InChI=1S/C22H21N3O4/c1-14-7-8-16(11-17(14)22-23-15(2)13-29-22)24-20(26)12-25-18-5-3-4-6-19(18)28-10-9-21(25)27/h3-8,11,13H,9-10,12H2,1-2H3,(H,24,26). The zero-order valence-electron chi connectivity index (χ0n) is 16.3. The van der Waals surface area contributed by atoms with Gasteiger partial charge < -0.3 is 14.5 Å². The molecule has 7 nitrogen and oxygen atoms in total. The van der Waals surface area contributed by atoms with Crippen molar-refractivity contribution in [2.75, 3.05) is 23.4 Å². The van der Waals surface area contributed by atoms with Crippen LogP contribution in [-0.4, -0.2) is 29.9 Å². The zero-order chi connectivity index (χ0) is 20.4. The van der Waals surface area contributed by atoms with Gasteiger partial charge in [-0.3, -0.25) is 14.5 Å². The van der Waals surface area contributed by atoms with Crippen molar-refractivity contribution in [2.24, 2.45) is 0 Å².